The summed E-state index contributed by atoms with van der Waals surface area (Å²) < 4.78 is 5.67. The van der Waals surface area contributed by atoms with Crippen LogP contribution >= 0.6 is 0 Å². The highest BCUT2D eigenvalue weighted by Crippen LogP contribution is 2.44. The quantitative estimate of drug-likeness (QED) is 0.627. The molecule has 0 aromatic heterocycles. The molecule has 1 heterocycles. The van der Waals surface area contributed by atoms with Crippen LogP contribution in [0.15, 0.2) is 48.5 Å². The molecule has 2 aromatic carbocycles. The predicted octanol–water partition coefficient (Wildman–Crippen LogP) is 4.55. The van der Waals surface area contributed by atoms with Crippen LogP contribution in [-0.4, -0.2) is 52.7 Å². The highest BCUT2D eigenvalue weighted by atomic mass is 16.5. The summed E-state index contributed by atoms with van der Waals surface area (Å²) >= 11 is 0. The highest BCUT2D eigenvalue weighted by molar-refractivity contribution is 5.93. The summed E-state index contributed by atoms with van der Waals surface area (Å²) in [5, 5.41) is 12.4. The number of nitrogens with one attached hydrogen (secondary N) is 1. The second-order valence-corrected chi connectivity index (χ2v) is 9.09. The maximum absolute atomic E-state index is 13.5. The van der Waals surface area contributed by atoms with Crippen molar-refractivity contribution in [1.82, 2.24) is 10.2 Å². The topological polar surface area (TPSA) is 95.9 Å². The van der Waals surface area contributed by atoms with E-state index in [1.807, 2.05) is 38.1 Å². The molecule has 2 N–H and O–H groups in total. The highest BCUT2D eigenvalue weighted by Gasteiger charge is 2.44. The molecule has 2 aliphatic rings. The number of aliphatic carboxylic acids is 1. The van der Waals surface area contributed by atoms with E-state index < -0.39 is 23.6 Å². The number of likely N-dealkylation sites (tertiary alicyclic amines) is 1. The lowest BCUT2D eigenvalue weighted by molar-refractivity contribution is -0.155. The van der Waals surface area contributed by atoms with Crippen molar-refractivity contribution in [3.63, 3.8) is 0 Å². The van der Waals surface area contributed by atoms with Crippen molar-refractivity contribution in [2.24, 2.45) is 0 Å². The Morgan fingerprint density at radius 2 is 1.59 bits per heavy atom. The van der Waals surface area contributed by atoms with E-state index >= 15 is 0 Å². The molecule has 0 spiro atoms. The fraction of sp³-hybridized carbons (Fsp3) is 0.444. The first kappa shape index (κ1) is 23.8. The van der Waals surface area contributed by atoms with Crippen molar-refractivity contribution in [3.8, 4) is 11.1 Å². The maximum atomic E-state index is 13.5. The fourth-order valence-electron chi connectivity index (χ4n) is 5.32. The van der Waals surface area contributed by atoms with Crippen LogP contribution < -0.4 is 5.32 Å². The number of fused-ring (bicyclic) bond motifs is 3. The largest absolute Gasteiger partial charge is 0.480 e. The van der Waals surface area contributed by atoms with E-state index in [1.165, 1.54) is 4.90 Å². The van der Waals surface area contributed by atoms with Crippen LogP contribution in [0, 0.1) is 0 Å². The Bertz CT molecular complexity index is 1030. The number of carbonyl (C=O) groups excluding carboxylic acids is 2. The first-order valence-electron chi connectivity index (χ1n) is 12.1. The summed E-state index contributed by atoms with van der Waals surface area (Å²) in [4.78, 5) is 39.6. The van der Waals surface area contributed by atoms with Gasteiger partial charge in [-0.05, 0) is 54.4 Å². The normalized spacial score (nSPS) is 17.6. The number of hydrogen-bond acceptors (Lipinski definition) is 4. The molecule has 34 heavy (non-hydrogen) atoms. The molecular formula is C27H32N2O5. The van der Waals surface area contributed by atoms with Crippen molar-refractivity contribution in [3.05, 3.63) is 59.7 Å². The molecule has 4 rings (SSSR count). The lowest BCUT2D eigenvalue weighted by atomic mass is 9.89. The SMILES string of the molecule is CCC(CC)(NC(=O)OCC1c2ccccc2-c2ccccc21)C(=O)N1CCCCC1C(=O)O. The zero-order valence-electron chi connectivity index (χ0n) is 19.8. The molecule has 2 aromatic rings. The summed E-state index contributed by atoms with van der Waals surface area (Å²) in [6, 6.07) is 15.3. The van der Waals surface area contributed by atoms with Gasteiger partial charge in [0.25, 0.3) is 0 Å². The van der Waals surface area contributed by atoms with Crippen molar-refractivity contribution < 1.29 is 24.2 Å². The number of hydrogen-bond donors (Lipinski definition) is 2. The lowest BCUT2D eigenvalue weighted by Gasteiger charge is -2.40. The van der Waals surface area contributed by atoms with Gasteiger partial charge in [-0.2, -0.15) is 0 Å². The second-order valence-electron chi connectivity index (χ2n) is 9.09. The zero-order valence-corrected chi connectivity index (χ0v) is 19.8. The molecule has 0 bridgehead atoms. The van der Waals surface area contributed by atoms with E-state index in [4.69, 9.17) is 4.74 Å². The Morgan fingerprint density at radius 1 is 1.00 bits per heavy atom. The fourth-order valence-corrected chi connectivity index (χ4v) is 5.32. The van der Waals surface area contributed by atoms with Crippen LogP contribution in [0.5, 0.6) is 0 Å². The summed E-state index contributed by atoms with van der Waals surface area (Å²) in [5.41, 5.74) is 3.31. The molecule has 1 fully saturated rings. The zero-order chi connectivity index (χ0) is 24.3. The lowest BCUT2D eigenvalue weighted by Crippen LogP contribution is -2.62. The summed E-state index contributed by atoms with van der Waals surface area (Å²) in [5.74, 6) is -1.43. The number of carboxylic acids is 1. The van der Waals surface area contributed by atoms with Gasteiger partial charge in [0.1, 0.15) is 18.2 Å². The van der Waals surface area contributed by atoms with Crippen molar-refractivity contribution in [2.45, 2.75) is 63.5 Å². The van der Waals surface area contributed by atoms with Gasteiger partial charge >= 0.3 is 12.1 Å². The van der Waals surface area contributed by atoms with Crippen LogP contribution in [0.3, 0.4) is 0 Å². The summed E-state index contributed by atoms with van der Waals surface area (Å²) in [7, 11) is 0. The van der Waals surface area contributed by atoms with E-state index in [9.17, 15) is 19.5 Å². The number of carbonyl (C=O) groups is 3. The molecule has 1 unspecified atom stereocenters. The second kappa shape index (κ2) is 9.87. The van der Waals surface area contributed by atoms with E-state index in [0.717, 1.165) is 35.1 Å². The number of ether oxygens (including phenoxy) is 1. The van der Waals surface area contributed by atoms with Gasteiger partial charge in [0.15, 0.2) is 0 Å². The Morgan fingerprint density at radius 3 is 2.15 bits per heavy atom. The third-order valence-electron chi connectivity index (χ3n) is 7.35. The van der Waals surface area contributed by atoms with Gasteiger partial charge < -0.3 is 20.1 Å². The van der Waals surface area contributed by atoms with E-state index in [2.05, 4.69) is 29.6 Å². The molecule has 7 heteroatoms. The number of carboxylic acid groups (broad SMARTS) is 1. The minimum atomic E-state index is -1.20. The van der Waals surface area contributed by atoms with Crippen LogP contribution in [0.4, 0.5) is 4.79 Å². The van der Waals surface area contributed by atoms with Gasteiger partial charge in [0, 0.05) is 12.5 Å². The maximum Gasteiger partial charge on any atom is 0.408 e. The van der Waals surface area contributed by atoms with E-state index in [1.54, 1.807) is 0 Å². The van der Waals surface area contributed by atoms with Crippen LogP contribution in [-0.2, 0) is 14.3 Å². The minimum absolute atomic E-state index is 0.0787. The van der Waals surface area contributed by atoms with Crippen LogP contribution in [0.1, 0.15) is 63.0 Å². The molecule has 1 aliphatic heterocycles. The van der Waals surface area contributed by atoms with Crippen molar-refractivity contribution in [1.29, 1.82) is 0 Å². The molecule has 7 nitrogen and oxygen atoms in total. The van der Waals surface area contributed by atoms with Crippen molar-refractivity contribution in [2.75, 3.05) is 13.2 Å². The average Bonchev–Trinajstić information content (AvgIpc) is 3.19. The molecule has 1 atom stereocenters. The van der Waals surface area contributed by atoms with Gasteiger partial charge in [-0.3, -0.25) is 4.79 Å². The number of rotatable bonds is 7. The molecule has 0 radical (unpaired) electrons. The smallest absolute Gasteiger partial charge is 0.408 e. The first-order chi connectivity index (χ1) is 16.4. The Kier molecular flexibility index (Phi) is 6.91. The van der Waals surface area contributed by atoms with Gasteiger partial charge in [0.2, 0.25) is 5.91 Å². The molecule has 0 saturated carbocycles. The molecule has 1 saturated heterocycles. The third kappa shape index (κ3) is 4.27. The number of amides is 2. The van der Waals surface area contributed by atoms with Gasteiger partial charge in [-0.15, -0.1) is 0 Å². The average molecular weight is 465 g/mol. The molecule has 2 amide bonds. The first-order valence-corrected chi connectivity index (χ1v) is 12.1. The Hall–Kier alpha value is -3.35. The van der Waals surface area contributed by atoms with E-state index in [0.29, 0.717) is 25.8 Å². The number of piperidine rings is 1. The number of alkyl carbamates (subject to hydrolysis) is 1. The predicted molar refractivity (Wildman–Crippen MR) is 129 cm³/mol. The number of nitrogens with zero attached hydrogens (tertiary/aromatic N) is 1. The van der Waals surface area contributed by atoms with Crippen molar-refractivity contribution >= 4 is 18.0 Å². The van der Waals surface area contributed by atoms with Gasteiger partial charge in [0.05, 0.1) is 0 Å². The van der Waals surface area contributed by atoms with Crippen LogP contribution in [0.2, 0.25) is 0 Å². The van der Waals surface area contributed by atoms with Gasteiger partial charge in [-0.1, -0.05) is 62.4 Å². The van der Waals surface area contributed by atoms with Crippen LogP contribution in [0.25, 0.3) is 11.1 Å². The molecule has 180 valence electrons. The summed E-state index contributed by atoms with van der Waals surface area (Å²) in [6.07, 6.45) is 1.97. The van der Waals surface area contributed by atoms with E-state index in [-0.39, 0.29) is 18.4 Å². The van der Waals surface area contributed by atoms with Gasteiger partial charge in [-0.25, -0.2) is 9.59 Å². The Balaban J connectivity index is 1.49. The standard InChI is InChI=1S/C27H32N2O5/c1-3-27(4-2,25(32)29-16-10-9-15-23(29)24(30)31)28-26(33)34-17-22-20-13-7-5-11-18(20)19-12-6-8-14-21(19)22/h5-8,11-14,22-23H,3-4,9-10,15-17H2,1-2H3,(H,28,33)(H,30,31). The Labute approximate surface area is 200 Å². The minimum Gasteiger partial charge on any atom is -0.480 e. The number of benzene rings is 2. The monoisotopic (exact) mass is 464 g/mol. The third-order valence-corrected chi connectivity index (χ3v) is 7.35. The summed E-state index contributed by atoms with van der Waals surface area (Å²) in [6.45, 7) is 4.18. The molecular weight excluding hydrogens is 432 g/mol. The molecule has 1 aliphatic carbocycles.